The van der Waals surface area contributed by atoms with Crippen molar-refractivity contribution in [3.63, 3.8) is 0 Å². The number of hydrogen-bond donors (Lipinski definition) is 1. The Labute approximate surface area is 146 Å². The zero-order chi connectivity index (χ0) is 16.9. The summed E-state index contributed by atoms with van der Waals surface area (Å²) in [6, 6.07) is 7.88. The number of thioether (sulfide) groups is 1. The lowest BCUT2D eigenvalue weighted by molar-refractivity contribution is -0.138. The highest BCUT2D eigenvalue weighted by Gasteiger charge is 2.28. The molecule has 0 unspecified atom stereocenters. The molecule has 0 atom stereocenters. The minimum absolute atomic E-state index is 0.135. The first-order valence-electron chi connectivity index (χ1n) is 8.51. The fourth-order valence-electron chi connectivity index (χ4n) is 3.12. The van der Waals surface area contributed by atoms with Gasteiger partial charge >= 0.3 is 0 Å². The minimum Gasteiger partial charge on any atom is -0.326 e. The molecule has 2 fully saturated rings. The molecule has 1 aromatic rings. The van der Waals surface area contributed by atoms with E-state index in [4.69, 9.17) is 0 Å². The molecule has 0 bridgehead atoms. The van der Waals surface area contributed by atoms with E-state index >= 15 is 0 Å². The van der Waals surface area contributed by atoms with Gasteiger partial charge < -0.3 is 5.32 Å². The average molecular weight is 346 g/mol. The summed E-state index contributed by atoms with van der Waals surface area (Å²) < 4.78 is 0. The molecule has 1 heterocycles. The van der Waals surface area contributed by atoms with E-state index in [1.165, 1.54) is 35.5 Å². The van der Waals surface area contributed by atoms with Crippen molar-refractivity contribution in [2.24, 2.45) is 0 Å². The van der Waals surface area contributed by atoms with E-state index in [0.29, 0.717) is 0 Å². The van der Waals surface area contributed by atoms with Crippen LogP contribution in [0.3, 0.4) is 0 Å². The second kappa shape index (κ2) is 7.83. The Balaban J connectivity index is 1.45. The van der Waals surface area contributed by atoms with Crippen molar-refractivity contribution in [3.8, 4) is 0 Å². The number of amides is 3. The van der Waals surface area contributed by atoms with Gasteiger partial charge in [0.25, 0.3) is 0 Å². The van der Waals surface area contributed by atoms with Crippen molar-refractivity contribution in [3.05, 3.63) is 24.3 Å². The Morgan fingerprint density at radius 3 is 2.33 bits per heavy atom. The van der Waals surface area contributed by atoms with Gasteiger partial charge in [0.15, 0.2) is 0 Å². The second-order valence-corrected chi connectivity index (χ2v) is 7.66. The predicted octanol–water partition coefficient (Wildman–Crippen LogP) is 3.20. The number of hydrogen-bond acceptors (Lipinski definition) is 4. The maximum atomic E-state index is 12.0. The lowest BCUT2D eigenvalue weighted by Gasteiger charge is -2.13. The third-order valence-electron chi connectivity index (χ3n) is 4.46. The van der Waals surface area contributed by atoms with Gasteiger partial charge in [0.1, 0.15) is 0 Å². The van der Waals surface area contributed by atoms with Crippen LogP contribution in [0, 0.1) is 0 Å². The predicted molar refractivity (Wildman–Crippen MR) is 93.8 cm³/mol. The van der Waals surface area contributed by atoms with Crippen LogP contribution in [0.1, 0.15) is 44.9 Å². The van der Waals surface area contributed by atoms with Crippen LogP contribution in [0.5, 0.6) is 0 Å². The topological polar surface area (TPSA) is 66.5 Å². The molecule has 1 aliphatic heterocycles. The fraction of sp³-hybridized carbons (Fsp3) is 0.500. The third-order valence-corrected chi connectivity index (χ3v) is 5.81. The quantitative estimate of drug-likeness (QED) is 0.803. The van der Waals surface area contributed by atoms with Crippen molar-refractivity contribution in [1.29, 1.82) is 0 Å². The number of anilines is 1. The zero-order valence-corrected chi connectivity index (χ0v) is 14.4. The molecule has 1 saturated carbocycles. The summed E-state index contributed by atoms with van der Waals surface area (Å²) in [6.07, 6.45) is 5.90. The number of nitrogens with zero attached hydrogens (tertiary/aromatic N) is 1. The number of likely N-dealkylation sites (tertiary alicyclic amines) is 1. The molecule has 1 saturated heterocycles. The first-order chi connectivity index (χ1) is 11.6. The van der Waals surface area contributed by atoms with Crippen LogP contribution in [0.2, 0.25) is 0 Å². The van der Waals surface area contributed by atoms with E-state index in [2.05, 4.69) is 5.32 Å². The van der Waals surface area contributed by atoms with Crippen LogP contribution >= 0.6 is 11.8 Å². The van der Waals surface area contributed by atoms with Gasteiger partial charge in [0.2, 0.25) is 17.7 Å². The summed E-state index contributed by atoms with van der Waals surface area (Å²) in [5.41, 5.74) is 0.745. The van der Waals surface area contributed by atoms with Crippen molar-refractivity contribution >= 4 is 35.2 Å². The Morgan fingerprint density at radius 2 is 1.71 bits per heavy atom. The van der Waals surface area contributed by atoms with E-state index in [-0.39, 0.29) is 43.5 Å². The summed E-state index contributed by atoms with van der Waals surface area (Å²) in [6.45, 7) is 0.166. The van der Waals surface area contributed by atoms with Crippen LogP contribution < -0.4 is 5.32 Å². The molecule has 2 aliphatic rings. The lowest BCUT2D eigenvalue weighted by atomic mass is 10.3. The van der Waals surface area contributed by atoms with Gasteiger partial charge in [0, 0.05) is 41.6 Å². The van der Waals surface area contributed by atoms with Crippen LogP contribution in [-0.4, -0.2) is 34.4 Å². The Morgan fingerprint density at radius 1 is 1.08 bits per heavy atom. The SMILES string of the molecule is O=C(CCN1C(=O)CCC1=O)Nc1ccc(SC2CCCC2)cc1. The summed E-state index contributed by atoms with van der Waals surface area (Å²) in [5, 5.41) is 3.54. The first kappa shape index (κ1) is 17.0. The van der Waals surface area contributed by atoms with Gasteiger partial charge in [-0.2, -0.15) is 0 Å². The average Bonchev–Trinajstić information content (AvgIpc) is 3.18. The summed E-state index contributed by atoms with van der Waals surface area (Å²) in [4.78, 5) is 37.4. The maximum Gasteiger partial charge on any atom is 0.229 e. The highest BCUT2D eigenvalue weighted by atomic mass is 32.2. The largest absolute Gasteiger partial charge is 0.326 e. The van der Waals surface area contributed by atoms with Gasteiger partial charge in [0.05, 0.1) is 0 Å². The summed E-state index contributed by atoms with van der Waals surface area (Å²) in [5.74, 6) is -0.541. The van der Waals surface area contributed by atoms with Gasteiger partial charge in [-0.05, 0) is 37.1 Å². The highest BCUT2D eigenvalue weighted by molar-refractivity contribution is 8.00. The van der Waals surface area contributed by atoms with Crippen molar-refractivity contribution < 1.29 is 14.4 Å². The molecule has 128 valence electrons. The lowest BCUT2D eigenvalue weighted by Crippen LogP contribution is -2.32. The van der Waals surface area contributed by atoms with Gasteiger partial charge in [-0.25, -0.2) is 0 Å². The number of carbonyl (C=O) groups is 3. The van der Waals surface area contributed by atoms with E-state index in [9.17, 15) is 14.4 Å². The molecule has 6 heteroatoms. The molecule has 0 aromatic heterocycles. The normalized spacial score (nSPS) is 18.4. The van der Waals surface area contributed by atoms with E-state index in [1.54, 1.807) is 0 Å². The third kappa shape index (κ3) is 4.38. The fourth-order valence-corrected chi connectivity index (χ4v) is 4.37. The number of carbonyl (C=O) groups excluding carboxylic acids is 3. The van der Waals surface area contributed by atoms with Crippen LogP contribution in [0.25, 0.3) is 0 Å². The van der Waals surface area contributed by atoms with Crippen LogP contribution in [0.15, 0.2) is 29.2 Å². The molecule has 1 N–H and O–H groups in total. The molecular weight excluding hydrogens is 324 g/mol. The number of rotatable bonds is 6. The summed E-state index contributed by atoms with van der Waals surface area (Å²) in [7, 11) is 0. The smallest absolute Gasteiger partial charge is 0.229 e. The Hall–Kier alpha value is -1.82. The molecule has 3 amide bonds. The molecule has 1 aromatic carbocycles. The zero-order valence-electron chi connectivity index (χ0n) is 13.6. The Bertz CT molecular complexity index is 608. The maximum absolute atomic E-state index is 12.0. The molecule has 5 nitrogen and oxygen atoms in total. The standard InChI is InChI=1S/C18H22N2O3S/c21-16(11-12-20-17(22)9-10-18(20)23)19-13-5-7-15(8-6-13)24-14-3-1-2-4-14/h5-8,14H,1-4,9-12H2,(H,19,21). The van der Waals surface area contributed by atoms with Crippen LogP contribution in [0.4, 0.5) is 5.69 Å². The van der Waals surface area contributed by atoms with Crippen molar-refractivity contribution in [2.45, 2.75) is 55.1 Å². The monoisotopic (exact) mass is 346 g/mol. The minimum atomic E-state index is -0.182. The highest BCUT2D eigenvalue weighted by Crippen LogP contribution is 2.34. The Kier molecular flexibility index (Phi) is 5.56. The molecule has 0 spiro atoms. The first-order valence-corrected chi connectivity index (χ1v) is 9.39. The van der Waals surface area contributed by atoms with Crippen LogP contribution in [-0.2, 0) is 14.4 Å². The molecule has 24 heavy (non-hydrogen) atoms. The van der Waals surface area contributed by atoms with Crippen molar-refractivity contribution in [2.75, 3.05) is 11.9 Å². The number of nitrogens with one attached hydrogen (secondary N) is 1. The van der Waals surface area contributed by atoms with Crippen molar-refractivity contribution in [1.82, 2.24) is 4.90 Å². The van der Waals surface area contributed by atoms with Gasteiger partial charge in [-0.15, -0.1) is 11.8 Å². The molecular formula is C18H22N2O3S. The number of benzene rings is 1. The van der Waals surface area contributed by atoms with E-state index in [0.717, 1.165) is 10.9 Å². The van der Waals surface area contributed by atoms with Gasteiger partial charge in [-0.3, -0.25) is 19.3 Å². The van der Waals surface area contributed by atoms with Gasteiger partial charge in [-0.1, -0.05) is 12.8 Å². The second-order valence-electron chi connectivity index (χ2n) is 6.29. The molecule has 0 radical (unpaired) electrons. The van der Waals surface area contributed by atoms with E-state index in [1.807, 2.05) is 36.0 Å². The molecule has 1 aliphatic carbocycles. The number of imide groups is 1. The molecule has 3 rings (SSSR count). The summed E-state index contributed by atoms with van der Waals surface area (Å²) >= 11 is 1.91. The van der Waals surface area contributed by atoms with E-state index < -0.39 is 0 Å².